The summed E-state index contributed by atoms with van der Waals surface area (Å²) in [4.78, 5) is 4.96. The SMILES string of the molecule is COCCNCCON=C(C)C. The van der Waals surface area contributed by atoms with Gasteiger partial charge in [0.25, 0.3) is 0 Å². The van der Waals surface area contributed by atoms with Crippen molar-refractivity contribution >= 4 is 5.71 Å². The molecule has 0 aliphatic heterocycles. The molecular formula is C8H18N2O2. The molecule has 0 spiro atoms. The van der Waals surface area contributed by atoms with Gasteiger partial charge in [-0.3, -0.25) is 0 Å². The molecule has 0 radical (unpaired) electrons. The molecule has 0 fully saturated rings. The summed E-state index contributed by atoms with van der Waals surface area (Å²) in [6, 6.07) is 0. The highest BCUT2D eigenvalue weighted by atomic mass is 16.6. The number of hydrogen-bond donors (Lipinski definition) is 1. The standard InChI is InChI=1S/C8H18N2O2/c1-8(2)10-12-7-5-9-4-6-11-3/h9H,4-7H2,1-3H3. The van der Waals surface area contributed by atoms with Gasteiger partial charge in [0.1, 0.15) is 6.61 Å². The summed E-state index contributed by atoms with van der Waals surface area (Å²) in [6.45, 7) is 6.80. The molecule has 0 saturated carbocycles. The maximum atomic E-state index is 4.96. The molecule has 4 nitrogen and oxygen atoms in total. The van der Waals surface area contributed by atoms with Crippen LogP contribution in [0.3, 0.4) is 0 Å². The first kappa shape index (κ1) is 11.4. The molecule has 1 N–H and O–H groups in total. The summed E-state index contributed by atoms with van der Waals surface area (Å²) in [7, 11) is 1.68. The minimum Gasteiger partial charge on any atom is -0.395 e. The first-order chi connectivity index (χ1) is 5.77. The number of nitrogens with one attached hydrogen (secondary N) is 1. The molecule has 0 heterocycles. The molecule has 0 saturated heterocycles. The van der Waals surface area contributed by atoms with Crippen molar-refractivity contribution in [2.45, 2.75) is 13.8 Å². The van der Waals surface area contributed by atoms with Crippen molar-refractivity contribution in [1.82, 2.24) is 5.32 Å². The van der Waals surface area contributed by atoms with Gasteiger partial charge in [0.05, 0.1) is 12.3 Å². The van der Waals surface area contributed by atoms with Crippen molar-refractivity contribution in [2.75, 3.05) is 33.4 Å². The summed E-state index contributed by atoms with van der Waals surface area (Å²) in [6.07, 6.45) is 0. The third kappa shape index (κ3) is 9.39. The molecule has 0 aliphatic carbocycles. The largest absolute Gasteiger partial charge is 0.395 e. The molecule has 0 rings (SSSR count). The van der Waals surface area contributed by atoms with Crippen molar-refractivity contribution in [1.29, 1.82) is 0 Å². The third-order valence-corrected chi connectivity index (χ3v) is 1.10. The monoisotopic (exact) mass is 174 g/mol. The molecule has 12 heavy (non-hydrogen) atoms. The Kier molecular flexibility index (Phi) is 8.05. The molecule has 0 atom stereocenters. The van der Waals surface area contributed by atoms with Gasteiger partial charge in [0, 0.05) is 20.2 Å². The van der Waals surface area contributed by atoms with E-state index in [0.29, 0.717) is 6.61 Å². The fraction of sp³-hybridized carbons (Fsp3) is 0.875. The number of nitrogens with zero attached hydrogens (tertiary/aromatic N) is 1. The van der Waals surface area contributed by atoms with E-state index in [-0.39, 0.29) is 0 Å². The second kappa shape index (κ2) is 8.49. The Balaban J connectivity index is 2.96. The lowest BCUT2D eigenvalue weighted by Gasteiger charge is -2.02. The van der Waals surface area contributed by atoms with Gasteiger partial charge in [-0.2, -0.15) is 0 Å². The lowest BCUT2D eigenvalue weighted by Crippen LogP contribution is -2.23. The van der Waals surface area contributed by atoms with E-state index in [0.717, 1.165) is 25.4 Å². The Hall–Kier alpha value is -0.610. The van der Waals surface area contributed by atoms with E-state index in [2.05, 4.69) is 10.5 Å². The van der Waals surface area contributed by atoms with Crippen molar-refractivity contribution < 1.29 is 9.57 Å². The van der Waals surface area contributed by atoms with E-state index >= 15 is 0 Å². The summed E-state index contributed by atoms with van der Waals surface area (Å²) < 4.78 is 4.86. The lowest BCUT2D eigenvalue weighted by atomic mass is 10.5. The number of methoxy groups -OCH3 is 1. The summed E-state index contributed by atoms with van der Waals surface area (Å²) in [5, 5.41) is 6.93. The predicted molar refractivity (Wildman–Crippen MR) is 49.5 cm³/mol. The molecule has 72 valence electrons. The summed E-state index contributed by atoms with van der Waals surface area (Å²) in [5.41, 5.74) is 0.937. The zero-order chi connectivity index (χ0) is 9.23. The van der Waals surface area contributed by atoms with Gasteiger partial charge in [-0.1, -0.05) is 5.16 Å². The quantitative estimate of drug-likeness (QED) is 0.350. The average Bonchev–Trinajstić information content (AvgIpc) is 2.02. The first-order valence-corrected chi connectivity index (χ1v) is 4.10. The zero-order valence-corrected chi connectivity index (χ0v) is 8.09. The fourth-order valence-electron chi connectivity index (χ4n) is 0.592. The van der Waals surface area contributed by atoms with E-state index in [4.69, 9.17) is 9.57 Å². The lowest BCUT2D eigenvalue weighted by molar-refractivity contribution is 0.141. The van der Waals surface area contributed by atoms with Gasteiger partial charge in [0.15, 0.2) is 0 Å². The minimum absolute atomic E-state index is 0.606. The molecule has 0 aromatic rings. The van der Waals surface area contributed by atoms with Crippen LogP contribution in [0.4, 0.5) is 0 Å². The number of oxime groups is 1. The Morgan fingerprint density at radius 1 is 1.25 bits per heavy atom. The van der Waals surface area contributed by atoms with Crippen LogP contribution >= 0.6 is 0 Å². The van der Waals surface area contributed by atoms with E-state index in [9.17, 15) is 0 Å². The molecule has 0 amide bonds. The first-order valence-electron chi connectivity index (χ1n) is 4.10. The number of hydrogen-bond acceptors (Lipinski definition) is 4. The van der Waals surface area contributed by atoms with Crippen molar-refractivity contribution in [2.24, 2.45) is 5.16 Å². The van der Waals surface area contributed by atoms with Crippen molar-refractivity contribution in [3.05, 3.63) is 0 Å². The topological polar surface area (TPSA) is 42.8 Å². The average molecular weight is 174 g/mol. The van der Waals surface area contributed by atoms with Gasteiger partial charge < -0.3 is 14.9 Å². The second-order valence-electron chi connectivity index (χ2n) is 2.61. The van der Waals surface area contributed by atoms with E-state index in [1.807, 2.05) is 13.8 Å². The summed E-state index contributed by atoms with van der Waals surface area (Å²) >= 11 is 0. The van der Waals surface area contributed by atoms with Gasteiger partial charge in [-0.05, 0) is 13.8 Å². The van der Waals surface area contributed by atoms with Crippen molar-refractivity contribution in [3.8, 4) is 0 Å². The Bertz CT molecular complexity index is 122. The predicted octanol–water partition coefficient (Wildman–Crippen LogP) is 0.635. The Morgan fingerprint density at radius 3 is 2.50 bits per heavy atom. The highest BCUT2D eigenvalue weighted by Crippen LogP contribution is 1.78. The highest BCUT2D eigenvalue weighted by Gasteiger charge is 1.86. The van der Waals surface area contributed by atoms with Crippen LogP contribution in [-0.2, 0) is 9.57 Å². The molecular weight excluding hydrogens is 156 g/mol. The molecule has 0 aliphatic rings. The summed E-state index contributed by atoms with van der Waals surface area (Å²) in [5.74, 6) is 0. The Morgan fingerprint density at radius 2 is 1.92 bits per heavy atom. The Labute approximate surface area is 73.9 Å². The van der Waals surface area contributed by atoms with Crippen LogP contribution in [0.2, 0.25) is 0 Å². The van der Waals surface area contributed by atoms with Gasteiger partial charge in [-0.15, -0.1) is 0 Å². The third-order valence-electron chi connectivity index (χ3n) is 1.10. The van der Waals surface area contributed by atoms with Gasteiger partial charge in [0.2, 0.25) is 0 Å². The van der Waals surface area contributed by atoms with Crippen LogP contribution in [0.1, 0.15) is 13.8 Å². The van der Waals surface area contributed by atoms with Crippen LogP contribution in [-0.4, -0.2) is 39.1 Å². The molecule has 0 aromatic carbocycles. The maximum absolute atomic E-state index is 4.96. The fourth-order valence-corrected chi connectivity index (χ4v) is 0.592. The van der Waals surface area contributed by atoms with Crippen LogP contribution in [0, 0.1) is 0 Å². The minimum atomic E-state index is 0.606. The second-order valence-corrected chi connectivity index (χ2v) is 2.61. The van der Waals surface area contributed by atoms with Crippen LogP contribution in [0.15, 0.2) is 5.16 Å². The van der Waals surface area contributed by atoms with Crippen molar-refractivity contribution in [3.63, 3.8) is 0 Å². The van der Waals surface area contributed by atoms with E-state index < -0.39 is 0 Å². The molecule has 0 bridgehead atoms. The number of rotatable bonds is 7. The van der Waals surface area contributed by atoms with Crippen LogP contribution in [0.5, 0.6) is 0 Å². The molecule has 4 heteroatoms. The smallest absolute Gasteiger partial charge is 0.129 e. The van der Waals surface area contributed by atoms with Crippen LogP contribution in [0.25, 0.3) is 0 Å². The maximum Gasteiger partial charge on any atom is 0.129 e. The zero-order valence-electron chi connectivity index (χ0n) is 8.09. The van der Waals surface area contributed by atoms with Gasteiger partial charge >= 0.3 is 0 Å². The molecule has 0 aromatic heterocycles. The normalized spacial score (nSPS) is 9.58. The highest BCUT2D eigenvalue weighted by molar-refractivity contribution is 5.78. The number of ether oxygens (including phenoxy) is 1. The van der Waals surface area contributed by atoms with E-state index in [1.54, 1.807) is 7.11 Å². The van der Waals surface area contributed by atoms with Crippen LogP contribution < -0.4 is 5.32 Å². The molecule has 0 unspecified atom stereocenters. The van der Waals surface area contributed by atoms with Gasteiger partial charge in [-0.25, -0.2) is 0 Å². The van der Waals surface area contributed by atoms with E-state index in [1.165, 1.54) is 0 Å².